The lowest BCUT2D eigenvalue weighted by Crippen LogP contribution is -2.28. The van der Waals surface area contributed by atoms with Crippen LogP contribution in [0.25, 0.3) is 5.57 Å². The molecule has 2 aliphatic rings. The van der Waals surface area contributed by atoms with E-state index < -0.39 is 0 Å². The maximum Gasteiger partial charge on any atom is 0.143 e. The highest BCUT2D eigenvalue weighted by molar-refractivity contribution is 5.99. The number of fused-ring (bicyclic) bond motifs is 4. The monoisotopic (exact) mass is 352 g/mol. The SMILES string of the molecule is CCCC1CC2C/C(=C\CCC1C(=O)CC(C)=O)c1c(C)cccc1C2. The van der Waals surface area contributed by atoms with Crippen LogP contribution < -0.4 is 0 Å². The summed E-state index contributed by atoms with van der Waals surface area (Å²) in [6.07, 6.45) is 9.95. The first-order chi connectivity index (χ1) is 12.5. The van der Waals surface area contributed by atoms with Crippen molar-refractivity contribution in [2.75, 3.05) is 0 Å². The Hall–Kier alpha value is -1.70. The molecule has 0 amide bonds. The molecule has 26 heavy (non-hydrogen) atoms. The van der Waals surface area contributed by atoms with Crippen molar-refractivity contribution in [1.29, 1.82) is 0 Å². The average Bonchev–Trinajstić information content (AvgIpc) is 2.63. The molecule has 2 heteroatoms. The number of allylic oxidation sites excluding steroid dienone is 2. The molecule has 2 bridgehead atoms. The van der Waals surface area contributed by atoms with Crippen molar-refractivity contribution in [2.45, 2.75) is 72.1 Å². The predicted molar refractivity (Wildman–Crippen MR) is 107 cm³/mol. The van der Waals surface area contributed by atoms with Gasteiger partial charge in [0, 0.05) is 5.92 Å². The van der Waals surface area contributed by atoms with Crippen molar-refractivity contribution in [2.24, 2.45) is 17.8 Å². The van der Waals surface area contributed by atoms with Gasteiger partial charge in [-0.25, -0.2) is 0 Å². The second kappa shape index (κ2) is 8.33. The Kier molecular flexibility index (Phi) is 6.11. The lowest BCUT2D eigenvalue weighted by atomic mass is 9.72. The number of hydrogen-bond acceptors (Lipinski definition) is 2. The minimum Gasteiger partial charge on any atom is -0.300 e. The van der Waals surface area contributed by atoms with Crippen LogP contribution >= 0.6 is 0 Å². The molecular formula is C24H32O2. The Bertz CT molecular complexity index is 713. The molecule has 0 aromatic heterocycles. The Balaban J connectivity index is 1.91. The van der Waals surface area contributed by atoms with E-state index in [4.69, 9.17) is 0 Å². The number of benzene rings is 1. The quantitative estimate of drug-likeness (QED) is 0.636. The third-order valence-electron chi connectivity index (χ3n) is 6.27. The van der Waals surface area contributed by atoms with Crippen LogP contribution in [0.4, 0.5) is 0 Å². The lowest BCUT2D eigenvalue weighted by Gasteiger charge is -2.32. The van der Waals surface area contributed by atoms with Crippen LogP contribution in [0.5, 0.6) is 0 Å². The van der Waals surface area contributed by atoms with Gasteiger partial charge in [0.1, 0.15) is 11.6 Å². The molecule has 3 rings (SSSR count). The predicted octanol–water partition coefficient (Wildman–Crippen LogP) is 5.71. The third-order valence-corrected chi connectivity index (χ3v) is 6.27. The number of carbonyl (C=O) groups is 2. The van der Waals surface area contributed by atoms with Gasteiger partial charge >= 0.3 is 0 Å². The summed E-state index contributed by atoms with van der Waals surface area (Å²) in [4.78, 5) is 24.3. The summed E-state index contributed by atoms with van der Waals surface area (Å²) < 4.78 is 0. The zero-order chi connectivity index (χ0) is 18.7. The summed E-state index contributed by atoms with van der Waals surface area (Å²) in [5, 5.41) is 0. The minimum atomic E-state index is 0.00486. The van der Waals surface area contributed by atoms with Gasteiger partial charge in [-0.15, -0.1) is 0 Å². The molecule has 0 spiro atoms. The molecule has 0 N–H and O–H groups in total. The number of carbonyl (C=O) groups excluding carboxylic acids is 2. The van der Waals surface area contributed by atoms with Crippen LogP contribution in [0.2, 0.25) is 0 Å². The molecule has 0 fully saturated rings. The van der Waals surface area contributed by atoms with Gasteiger partial charge in [-0.3, -0.25) is 9.59 Å². The van der Waals surface area contributed by atoms with E-state index in [-0.39, 0.29) is 23.9 Å². The van der Waals surface area contributed by atoms with Gasteiger partial charge in [0.05, 0.1) is 6.42 Å². The van der Waals surface area contributed by atoms with E-state index in [0.717, 1.165) is 44.9 Å². The van der Waals surface area contributed by atoms with E-state index in [9.17, 15) is 9.59 Å². The number of Topliss-reactive ketones (excluding diaryl/α,β-unsaturated/α-hetero) is 2. The molecule has 1 aromatic rings. The van der Waals surface area contributed by atoms with E-state index in [0.29, 0.717) is 11.8 Å². The fraction of sp³-hybridized carbons (Fsp3) is 0.583. The fourth-order valence-corrected chi connectivity index (χ4v) is 5.26. The Morgan fingerprint density at radius 2 is 2.00 bits per heavy atom. The van der Waals surface area contributed by atoms with Crippen molar-refractivity contribution >= 4 is 17.1 Å². The van der Waals surface area contributed by atoms with E-state index in [1.807, 2.05) is 0 Å². The smallest absolute Gasteiger partial charge is 0.143 e. The maximum absolute atomic E-state index is 12.8. The molecule has 0 radical (unpaired) electrons. The van der Waals surface area contributed by atoms with Crippen molar-refractivity contribution in [3.8, 4) is 0 Å². The summed E-state index contributed by atoms with van der Waals surface area (Å²) in [5.74, 6) is 1.29. The van der Waals surface area contributed by atoms with Gasteiger partial charge in [-0.05, 0) is 80.1 Å². The van der Waals surface area contributed by atoms with Crippen LogP contribution in [-0.4, -0.2) is 11.6 Å². The largest absolute Gasteiger partial charge is 0.300 e. The summed E-state index contributed by atoms with van der Waals surface area (Å²) >= 11 is 0. The van der Waals surface area contributed by atoms with E-state index in [2.05, 4.69) is 38.1 Å². The molecule has 0 saturated heterocycles. The lowest BCUT2D eigenvalue weighted by molar-refractivity contribution is -0.130. The molecular weight excluding hydrogens is 320 g/mol. The third kappa shape index (κ3) is 4.16. The second-order valence-corrected chi connectivity index (χ2v) is 8.43. The van der Waals surface area contributed by atoms with Crippen LogP contribution in [0.15, 0.2) is 24.3 Å². The number of rotatable bonds is 5. The molecule has 140 valence electrons. The van der Waals surface area contributed by atoms with Gasteiger partial charge < -0.3 is 0 Å². The van der Waals surface area contributed by atoms with E-state index in [1.54, 1.807) is 0 Å². The Labute approximate surface area is 158 Å². The van der Waals surface area contributed by atoms with Gasteiger partial charge in [0.2, 0.25) is 0 Å². The van der Waals surface area contributed by atoms with Crippen molar-refractivity contribution in [1.82, 2.24) is 0 Å². The van der Waals surface area contributed by atoms with Gasteiger partial charge in [0.15, 0.2) is 0 Å². The molecule has 0 heterocycles. The van der Waals surface area contributed by atoms with Gasteiger partial charge in [-0.2, -0.15) is 0 Å². The fourth-order valence-electron chi connectivity index (χ4n) is 5.26. The highest BCUT2D eigenvalue weighted by atomic mass is 16.1. The molecule has 0 aliphatic heterocycles. The van der Waals surface area contributed by atoms with Crippen LogP contribution in [0.3, 0.4) is 0 Å². The van der Waals surface area contributed by atoms with E-state index >= 15 is 0 Å². The first-order valence-corrected chi connectivity index (χ1v) is 10.3. The normalized spacial score (nSPS) is 27.3. The molecule has 2 aliphatic carbocycles. The van der Waals surface area contributed by atoms with Crippen molar-refractivity contribution in [3.05, 3.63) is 41.0 Å². The van der Waals surface area contributed by atoms with Crippen molar-refractivity contribution in [3.63, 3.8) is 0 Å². The maximum atomic E-state index is 12.8. The first-order valence-electron chi connectivity index (χ1n) is 10.3. The zero-order valence-corrected chi connectivity index (χ0v) is 16.5. The van der Waals surface area contributed by atoms with Gasteiger partial charge in [0.25, 0.3) is 0 Å². The number of aryl methyl sites for hydroxylation is 1. The molecule has 3 atom stereocenters. The standard InChI is InChI=1S/C24H32O2/c1-4-7-19-13-18-14-20-9-5-8-16(2)24(20)21(15-18)10-6-11-22(19)23(26)12-17(3)25/h5,8-10,18-19,22H,4,6-7,11-15H2,1-3H3/b21-10+. The molecule has 0 saturated carbocycles. The Morgan fingerprint density at radius 1 is 1.19 bits per heavy atom. The molecule has 2 nitrogen and oxygen atoms in total. The van der Waals surface area contributed by atoms with Crippen LogP contribution in [0, 0.1) is 24.7 Å². The highest BCUT2D eigenvalue weighted by Gasteiger charge is 2.33. The van der Waals surface area contributed by atoms with Gasteiger partial charge in [-0.1, -0.05) is 44.0 Å². The molecule has 1 aromatic carbocycles. The summed E-state index contributed by atoms with van der Waals surface area (Å²) in [7, 11) is 0. The van der Waals surface area contributed by atoms with Crippen LogP contribution in [-0.2, 0) is 16.0 Å². The number of ketones is 2. The first kappa shape index (κ1) is 19.1. The summed E-state index contributed by atoms with van der Waals surface area (Å²) in [5.41, 5.74) is 5.81. The number of hydrogen-bond donors (Lipinski definition) is 0. The van der Waals surface area contributed by atoms with Crippen LogP contribution in [0.1, 0.15) is 75.5 Å². The average molecular weight is 353 g/mol. The van der Waals surface area contributed by atoms with E-state index in [1.165, 1.54) is 29.2 Å². The van der Waals surface area contributed by atoms with Crippen molar-refractivity contribution < 1.29 is 9.59 Å². The minimum absolute atomic E-state index is 0.00486. The Morgan fingerprint density at radius 3 is 2.73 bits per heavy atom. The summed E-state index contributed by atoms with van der Waals surface area (Å²) in [6, 6.07) is 6.68. The second-order valence-electron chi connectivity index (χ2n) is 8.43. The summed E-state index contributed by atoms with van der Waals surface area (Å²) in [6.45, 7) is 5.96. The zero-order valence-electron chi connectivity index (χ0n) is 16.5. The molecule has 3 unspecified atom stereocenters. The highest BCUT2D eigenvalue weighted by Crippen LogP contribution is 2.43. The topological polar surface area (TPSA) is 34.1 Å².